The molecule has 1 aliphatic rings. The molecule has 0 bridgehead atoms. The Morgan fingerprint density at radius 3 is 2.32 bits per heavy atom. The smallest absolute Gasteiger partial charge is 0.415 e. The van der Waals surface area contributed by atoms with Crippen molar-refractivity contribution in [3.8, 4) is 5.75 Å². The number of aliphatic carboxylic acids is 1. The van der Waals surface area contributed by atoms with Gasteiger partial charge >= 0.3 is 12.1 Å². The zero-order valence-electron chi connectivity index (χ0n) is 27.1. The maximum absolute atomic E-state index is 13.9. The number of nitrogens with one attached hydrogen (secondary N) is 1. The number of likely N-dealkylation sites (tertiary alicyclic amines) is 1. The van der Waals surface area contributed by atoms with E-state index < -0.39 is 12.0 Å². The lowest BCUT2D eigenvalue weighted by atomic mass is 10.1. The number of carbonyl (C=O) groups excluding carboxylic acids is 2. The highest BCUT2D eigenvalue weighted by Gasteiger charge is 2.27. The molecule has 4 aromatic rings. The third kappa shape index (κ3) is 8.18. The molecule has 1 aliphatic heterocycles. The first-order valence-corrected chi connectivity index (χ1v) is 17.1. The molecule has 11 nitrogen and oxygen atoms in total. The fourth-order valence-corrected chi connectivity index (χ4v) is 6.70. The molecule has 1 fully saturated rings. The molecular weight excluding hydrogens is 616 g/mol. The Bertz CT molecular complexity index is 1650. The second-order valence-corrected chi connectivity index (χ2v) is 12.5. The maximum Gasteiger partial charge on any atom is 0.415 e. The summed E-state index contributed by atoms with van der Waals surface area (Å²) in [6, 6.07) is 15.5. The number of carboxylic acid groups (broad SMARTS) is 1. The first-order chi connectivity index (χ1) is 22.8. The van der Waals surface area contributed by atoms with Crippen molar-refractivity contribution >= 4 is 56.8 Å². The molecule has 3 heterocycles. The molecule has 1 unspecified atom stereocenters. The average molecular weight is 659 g/mol. The van der Waals surface area contributed by atoms with Crippen LogP contribution in [-0.2, 0) is 11.2 Å². The molecular formula is C35H42N6O5S. The molecule has 248 valence electrons. The number of amides is 2. The molecule has 2 N–H and O–H groups in total. The summed E-state index contributed by atoms with van der Waals surface area (Å²) in [4.78, 5) is 54.3. The van der Waals surface area contributed by atoms with Crippen molar-refractivity contribution in [2.75, 3.05) is 47.8 Å². The van der Waals surface area contributed by atoms with Crippen molar-refractivity contribution in [2.45, 2.75) is 58.9 Å². The SMILES string of the molecule is CCN(CC)c1ncc(N(CC)C(=O)c2cc3ccccc3s2)c(NC(Cc2ccc(OC(=O)N3CCCCCC3)cc2)C(=O)O)n1. The number of hydrogen-bond donors (Lipinski definition) is 2. The third-order valence-electron chi connectivity index (χ3n) is 8.33. The maximum atomic E-state index is 13.9. The van der Waals surface area contributed by atoms with Crippen LogP contribution in [0.4, 0.5) is 22.2 Å². The van der Waals surface area contributed by atoms with E-state index in [9.17, 15) is 19.5 Å². The van der Waals surface area contributed by atoms with Crippen LogP contribution in [0.15, 0.2) is 60.8 Å². The Morgan fingerprint density at radius 1 is 0.979 bits per heavy atom. The molecule has 1 saturated heterocycles. The fraction of sp³-hybridized carbons (Fsp3) is 0.400. The van der Waals surface area contributed by atoms with Gasteiger partial charge in [0.05, 0.1) is 11.1 Å². The number of ether oxygens (including phenoxy) is 1. The summed E-state index contributed by atoms with van der Waals surface area (Å²) in [6.07, 6.45) is 5.51. The largest absolute Gasteiger partial charge is 0.480 e. The van der Waals surface area contributed by atoms with E-state index in [2.05, 4.69) is 10.3 Å². The van der Waals surface area contributed by atoms with E-state index >= 15 is 0 Å². The average Bonchev–Trinajstić information content (AvgIpc) is 3.33. The zero-order chi connectivity index (χ0) is 33.3. The number of carboxylic acids is 1. The molecule has 0 spiro atoms. The fourth-order valence-electron chi connectivity index (χ4n) is 5.69. The van der Waals surface area contributed by atoms with Gasteiger partial charge in [-0.05, 0) is 68.8 Å². The van der Waals surface area contributed by atoms with Crippen molar-refractivity contribution in [3.63, 3.8) is 0 Å². The predicted molar refractivity (Wildman–Crippen MR) is 186 cm³/mol. The molecule has 2 aromatic carbocycles. The van der Waals surface area contributed by atoms with Gasteiger partial charge in [-0.3, -0.25) is 4.79 Å². The first kappa shape index (κ1) is 33.6. The summed E-state index contributed by atoms with van der Waals surface area (Å²) in [5.74, 6) is -0.189. The lowest BCUT2D eigenvalue weighted by molar-refractivity contribution is -0.137. The molecule has 5 rings (SSSR count). The van der Waals surface area contributed by atoms with Crippen LogP contribution < -0.4 is 19.9 Å². The van der Waals surface area contributed by atoms with Crippen LogP contribution in [0.2, 0.25) is 0 Å². The summed E-state index contributed by atoms with van der Waals surface area (Å²) in [6.45, 7) is 8.87. The third-order valence-corrected chi connectivity index (χ3v) is 9.44. The van der Waals surface area contributed by atoms with Crippen LogP contribution in [0.3, 0.4) is 0 Å². The Hall–Kier alpha value is -4.71. The van der Waals surface area contributed by atoms with E-state index in [1.165, 1.54) is 11.3 Å². The van der Waals surface area contributed by atoms with Crippen molar-refractivity contribution in [1.29, 1.82) is 0 Å². The summed E-state index contributed by atoms with van der Waals surface area (Å²) >= 11 is 1.41. The van der Waals surface area contributed by atoms with Crippen LogP contribution in [0, 0.1) is 0 Å². The Balaban J connectivity index is 1.38. The minimum atomic E-state index is -1.07. The van der Waals surface area contributed by atoms with Crippen molar-refractivity contribution in [3.05, 3.63) is 71.2 Å². The van der Waals surface area contributed by atoms with E-state index in [1.54, 1.807) is 40.3 Å². The summed E-state index contributed by atoms with van der Waals surface area (Å²) in [5, 5.41) is 14.4. The monoisotopic (exact) mass is 658 g/mol. The summed E-state index contributed by atoms with van der Waals surface area (Å²) < 4.78 is 6.61. The summed E-state index contributed by atoms with van der Waals surface area (Å²) in [5.41, 5.74) is 1.13. The number of thiophene rings is 1. The Morgan fingerprint density at radius 2 is 1.68 bits per heavy atom. The van der Waals surface area contributed by atoms with Gasteiger partial charge in [-0.15, -0.1) is 11.3 Å². The number of rotatable bonds is 12. The molecule has 1 atom stereocenters. The van der Waals surface area contributed by atoms with Crippen molar-refractivity contribution in [2.24, 2.45) is 0 Å². The number of nitrogens with zero attached hydrogens (tertiary/aromatic N) is 5. The van der Waals surface area contributed by atoms with Gasteiger partial charge in [0.25, 0.3) is 5.91 Å². The number of benzene rings is 2. The zero-order valence-corrected chi connectivity index (χ0v) is 28.0. The van der Waals surface area contributed by atoms with Crippen LogP contribution >= 0.6 is 11.3 Å². The highest BCUT2D eigenvalue weighted by Crippen LogP contribution is 2.32. The number of hydrogen-bond acceptors (Lipinski definition) is 9. The second kappa shape index (κ2) is 15.7. The molecule has 2 amide bonds. The Labute approximate surface area is 279 Å². The van der Waals surface area contributed by atoms with Crippen LogP contribution in [0.1, 0.15) is 61.7 Å². The number of carbonyl (C=O) groups is 3. The van der Waals surface area contributed by atoms with Crippen molar-refractivity contribution < 1.29 is 24.2 Å². The van der Waals surface area contributed by atoms with Gasteiger partial charge < -0.3 is 29.9 Å². The Kier molecular flexibility index (Phi) is 11.3. The molecule has 2 aromatic heterocycles. The molecule has 0 saturated carbocycles. The second-order valence-electron chi connectivity index (χ2n) is 11.4. The molecule has 47 heavy (non-hydrogen) atoms. The number of aromatic nitrogens is 2. The lowest BCUT2D eigenvalue weighted by Gasteiger charge is -2.26. The summed E-state index contributed by atoms with van der Waals surface area (Å²) in [7, 11) is 0. The topological polar surface area (TPSA) is 128 Å². The van der Waals surface area contributed by atoms with E-state index in [0.29, 0.717) is 55.0 Å². The van der Waals surface area contributed by atoms with Crippen molar-refractivity contribution in [1.82, 2.24) is 14.9 Å². The van der Waals surface area contributed by atoms with Gasteiger partial charge in [-0.25, -0.2) is 14.6 Å². The van der Waals surface area contributed by atoms with Gasteiger partial charge in [-0.2, -0.15) is 4.98 Å². The molecule has 0 aliphatic carbocycles. The normalized spacial score (nSPS) is 13.9. The standard InChI is InChI=1S/C35H42N6O5S/c1-4-39(5-2)34-36-23-28(41(6-3)32(42)30-22-25-13-9-10-14-29(25)47-30)31(38-34)37-27(33(43)44)21-24-15-17-26(18-16-24)46-35(45)40-19-11-7-8-12-20-40/h9-10,13-18,22-23,27H,4-8,11-12,19-21H2,1-3H3,(H,43,44)(H,36,37,38). The predicted octanol–water partition coefficient (Wildman–Crippen LogP) is 6.69. The minimum absolute atomic E-state index is 0.121. The quantitative estimate of drug-likeness (QED) is 0.171. The van der Waals surface area contributed by atoms with Gasteiger partial charge in [-0.1, -0.05) is 43.2 Å². The first-order valence-electron chi connectivity index (χ1n) is 16.3. The van der Waals surface area contributed by atoms with Gasteiger partial charge in [0, 0.05) is 43.8 Å². The van der Waals surface area contributed by atoms with Crippen LogP contribution in [0.5, 0.6) is 5.75 Å². The van der Waals surface area contributed by atoms with E-state index in [-0.39, 0.29) is 24.2 Å². The van der Waals surface area contributed by atoms with Crippen LogP contribution in [0.25, 0.3) is 10.1 Å². The van der Waals surface area contributed by atoms with Gasteiger partial charge in [0.1, 0.15) is 17.5 Å². The highest BCUT2D eigenvalue weighted by atomic mass is 32.1. The highest BCUT2D eigenvalue weighted by molar-refractivity contribution is 7.20. The number of anilines is 3. The molecule has 0 radical (unpaired) electrons. The van der Waals surface area contributed by atoms with Gasteiger partial charge in [0.2, 0.25) is 5.95 Å². The lowest BCUT2D eigenvalue weighted by Crippen LogP contribution is -2.36. The van der Waals surface area contributed by atoms with Crippen LogP contribution in [-0.4, -0.2) is 76.7 Å². The molecule has 12 heteroatoms. The minimum Gasteiger partial charge on any atom is -0.480 e. The van der Waals surface area contributed by atoms with Gasteiger partial charge in [0.15, 0.2) is 5.82 Å². The van der Waals surface area contributed by atoms with E-state index in [1.807, 2.05) is 56.0 Å². The number of fused-ring (bicyclic) bond motifs is 1. The van der Waals surface area contributed by atoms with E-state index in [0.717, 1.165) is 41.3 Å². The van der Waals surface area contributed by atoms with E-state index in [4.69, 9.17) is 9.72 Å².